The molecule has 0 bridgehead atoms. The Labute approximate surface area is 106 Å². The summed E-state index contributed by atoms with van der Waals surface area (Å²) in [6.45, 7) is 1.68. The van der Waals surface area contributed by atoms with Crippen LogP contribution in [0.1, 0.15) is 18.4 Å². The summed E-state index contributed by atoms with van der Waals surface area (Å²) in [6, 6.07) is 7.45. The van der Waals surface area contributed by atoms with E-state index in [0.717, 1.165) is 37.9 Å². The molecule has 1 saturated heterocycles. The van der Waals surface area contributed by atoms with Gasteiger partial charge in [0.05, 0.1) is 10.6 Å². The lowest BCUT2D eigenvalue weighted by atomic mass is 9.99. The van der Waals surface area contributed by atoms with E-state index in [1.165, 1.54) is 0 Å². The van der Waals surface area contributed by atoms with Crippen LogP contribution in [0.15, 0.2) is 18.2 Å². The van der Waals surface area contributed by atoms with Crippen molar-refractivity contribution in [3.8, 4) is 6.07 Å². The second-order valence-electron chi connectivity index (χ2n) is 4.26. The van der Waals surface area contributed by atoms with E-state index in [9.17, 15) is 4.79 Å². The number of hydrogen-bond donors (Lipinski definition) is 0. The zero-order valence-electron chi connectivity index (χ0n) is 9.40. The van der Waals surface area contributed by atoms with Gasteiger partial charge in [-0.25, -0.2) is 0 Å². The van der Waals surface area contributed by atoms with Crippen molar-refractivity contribution in [1.29, 1.82) is 5.26 Å². The van der Waals surface area contributed by atoms with Gasteiger partial charge in [-0.05, 0) is 31.0 Å². The van der Waals surface area contributed by atoms with Crippen molar-refractivity contribution in [2.45, 2.75) is 12.8 Å². The topological polar surface area (TPSA) is 44.1 Å². The van der Waals surface area contributed by atoms with E-state index in [1.54, 1.807) is 12.1 Å². The van der Waals surface area contributed by atoms with Crippen LogP contribution >= 0.6 is 11.6 Å². The first-order valence-electron chi connectivity index (χ1n) is 5.64. The molecule has 3 nitrogen and oxygen atoms in total. The first-order valence-corrected chi connectivity index (χ1v) is 6.02. The van der Waals surface area contributed by atoms with E-state index in [0.29, 0.717) is 10.6 Å². The Morgan fingerprint density at radius 2 is 2.35 bits per heavy atom. The smallest absolute Gasteiger partial charge is 0.124 e. The van der Waals surface area contributed by atoms with E-state index >= 15 is 0 Å². The number of rotatable bonds is 2. The van der Waals surface area contributed by atoms with Crippen LogP contribution in [0.25, 0.3) is 0 Å². The van der Waals surface area contributed by atoms with Gasteiger partial charge in [-0.3, -0.25) is 0 Å². The summed E-state index contributed by atoms with van der Waals surface area (Å²) in [6.07, 6.45) is 3.00. The van der Waals surface area contributed by atoms with Crippen LogP contribution in [0, 0.1) is 17.2 Å². The zero-order chi connectivity index (χ0) is 12.3. The maximum Gasteiger partial charge on any atom is 0.124 e. The first kappa shape index (κ1) is 11.9. The average molecular weight is 249 g/mol. The van der Waals surface area contributed by atoms with Crippen molar-refractivity contribution >= 4 is 23.6 Å². The number of carbonyl (C=O) groups excluding carboxylic acids is 1. The number of carbonyl (C=O) groups is 1. The van der Waals surface area contributed by atoms with Gasteiger partial charge < -0.3 is 9.69 Å². The van der Waals surface area contributed by atoms with Crippen LogP contribution in [0.4, 0.5) is 5.69 Å². The molecule has 0 saturated carbocycles. The second-order valence-corrected chi connectivity index (χ2v) is 4.67. The summed E-state index contributed by atoms with van der Waals surface area (Å²) in [5, 5.41) is 9.28. The number of anilines is 1. The molecule has 0 radical (unpaired) electrons. The van der Waals surface area contributed by atoms with E-state index in [2.05, 4.69) is 4.90 Å². The fraction of sp³-hybridized carbons (Fsp3) is 0.385. The Hall–Kier alpha value is -1.53. The van der Waals surface area contributed by atoms with E-state index in [4.69, 9.17) is 16.9 Å². The Balaban J connectivity index is 2.20. The molecule has 1 aliphatic rings. The normalized spacial score (nSPS) is 19.8. The molecule has 1 aromatic carbocycles. The number of nitriles is 1. The summed E-state index contributed by atoms with van der Waals surface area (Å²) in [5.41, 5.74) is 1.47. The molecule has 1 atom stereocenters. The molecule has 2 rings (SSSR count). The number of benzene rings is 1. The monoisotopic (exact) mass is 248 g/mol. The summed E-state index contributed by atoms with van der Waals surface area (Å²) < 4.78 is 0. The van der Waals surface area contributed by atoms with Crippen LogP contribution in [-0.4, -0.2) is 19.4 Å². The summed E-state index contributed by atoms with van der Waals surface area (Å²) in [7, 11) is 0. The minimum atomic E-state index is 0.109. The Morgan fingerprint density at radius 3 is 3.00 bits per heavy atom. The molecule has 1 heterocycles. The molecule has 4 heteroatoms. The van der Waals surface area contributed by atoms with Crippen LogP contribution in [0.3, 0.4) is 0 Å². The molecular weight excluding hydrogens is 236 g/mol. The van der Waals surface area contributed by atoms with Crippen molar-refractivity contribution < 1.29 is 4.79 Å². The average Bonchev–Trinajstić information content (AvgIpc) is 2.38. The molecule has 0 aromatic heterocycles. The van der Waals surface area contributed by atoms with E-state index in [-0.39, 0.29) is 5.92 Å². The number of aldehydes is 1. The number of piperidine rings is 1. The van der Waals surface area contributed by atoms with Crippen molar-refractivity contribution in [3.63, 3.8) is 0 Å². The van der Waals surface area contributed by atoms with Crippen molar-refractivity contribution in [1.82, 2.24) is 0 Å². The molecular formula is C13H13ClN2O. The van der Waals surface area contributed by atoms with Crippen molar-refractivity contribution in [3.05, 3.63) is 28.8 Å². The molecule has 0 spiro atoms. The molecule has 88 valence electrons. The maximum atomic E-state index is 10.8. The third kappa shape index (κ3) is 2.59. The molecule has 0 amide bonds. The minimum Gasteiger partial charge on any atom is -0.371 e. The number of halogens is 1. The van der Waals surface area contributed by atoms with Gasteiger partial charge >= 0.3 is 0 Å². The van der Waals surface area contributed by atoms with Gasteiger partial charge in [0.15, 0.2) is 0 Å². The lowest BCUT2D eigenvalue weighted by molar-refractivity contribution is -0.111. The van der Waals surface area contributed by atoms with Gasteiger partial charge in [0.25, 0.3) is 0 Å². The zero-order valence-corrected chi connectivity index (χ0v) is 10.2. The highest BCUT2D eigenvalue weighted by atomic mass is 35.5. The SMILES string of the molecule is N#Cc1ccc(N2CCCC(C=O)C2)cc1Cl. The Bertz CT molecular complexity index is 467. The molecule has 0 N–H and O–H groups in total. The first-order chi connectivity index (χ1) is 8.24. The van der Waals surface area contributed by atoms with Crippen LogP contribution in [0.5, 0.6) is 0 Å². The van der Waals surface area contributed by atoms with Crippen LogP contribution in [0.2, 0.25) is 5.02 Å². The van der Waals surface area contributed by atoms with Gasteiger partial charge in [0, 0.05) is 24.7 Å². The van der Waals surface area contributed by atoms with Gasteiger partial charge in [-0.1, -0.05) is 11.6 Å². The minimum absolute atomic E-state index is 0.109. The lowest BCUT2D eigenvalue weighted by Gasteiger charge is -2.32. The Morgan fingerprint density at radius 1 is 1.53 bits per heavy atom. The molecule has 1 fully saturated rings. The highest BCUT2D eigenvalue weighted by Gasteiger charge is 2.19. The molecule has 1 aromatic rings. The predicted molar refractivity (Wildman–Crippen MR) is 67.2 cm³/mol. The van der Waals surface area contributed by atoms with E-state index < -0.39 is 0 Å². The number of nitrogens with zero attached hydrogens (tertiary/aromatic N) is 2. The Kier molecular flexibility index (Phi) is 3.65. The second kappa shape index (κ2) is 5.20. The summed E-state index contributed by atoms with van der Waals surface area (Å²) in [5.74, 6) is 0.109. The van der Waals surface area contributed by atoms with Crippen LogP contribution < -0.4 is 4.90 Å². The summed E-state index contributed by atoms with van der Waals surface area (Å²) >= 11 is 6.00. The van der Waals surface area contributed by atoms with Gasteiger partial charge in [0.2, 0.25) is 0 Å². The number of hydrogen-bond acceptors (Lipinski definition) is 3. The molecule has 1 aliphatic heterocycles. The van der Waals surface area contributed by atoms with Gasteiger partial charge in [-0.2, -0.15) is 5.26 Å². The predicted octanol–water partition coefficient (Wildman–Crippen LogP) is 2.63. The maximum absolute atomic E-state index is 10.8. The standard InChI is InChI=1S/C13H13ClN2O/c14-13-6-12(4-3-11(13)7-15)16-5-1-2-10(8-16)9-17/h3-4,6,9-10H,1-2,5,8H2. The third-order valence-electron chi connectivity index (χ3n) is 3.09. The quantitative estimate of drug-likeness (QED) is 0.756. The van der Waals surface area contributed by atoms with Crippen molar-refractivity contribution in [2.24, 2.45) is 5.92 Å². The lowest BCUT2D eigenvalue weighted by Crippen LogP contribution is -2.35. The van der Waals surface area contributed by atoms with Crippen LogP contribution in [-0.2, 0) is 4.79 Å². The highest BCUT2D eigenvalue weighted by Crippen LogP contribution is 2.26. The van der Waals surface area contributed by atoms with Gasteiger partial charge in [0.1, 0.15) is 12.4 Å². The van der Waals surface area contributed by atoms with Crippen molar-refractivity contribution in [2.75, 3.05) is 18.0 Å². The van der Waals surface area contributed by atoms with Gasteiger partial charge in [-0.15, -0.1) is 0 Å². The fourth-order valence-electron chi connectivity index (χ4n) is 2.15. The molecule has 1 unspecified atom stereocenters. The largest absolute Gasteiger partial charge is 0.371 e. The molecule has 0 aliphatic carbocycles. The fourth-order valence-corrected chi connectivity index (χ4v) is 2.36. The third-order valence-corrected chi connectivity index (χ3v) is 3.40. The highest BCUT2D eigenvalue weighted by molar-refractivity contribution is 6.32. The van der Waals surface area contributed by atoms with E-state index in [1.807, 2.05) is 12.1 Å². The summed E-state index contributed by atoms with van der Waals surface area (Å²) in [4.78, 5) is 13.0. The molecule has 17 heavy (non-hydrogen) atoms.